The third kappa shape index (κ3) is 3.25. The predicted molar refractivity (Wildman–Crippen MR) is 47.8 cm³/mol. The Labute approximate surface area is 115 Å². The summed E-state index contributed by atoms with van der Waals surface area (Å²) in [5.41, 5.74) is 0. The van der Waals surface area contributed by atoms with Gasteiger partial charge in [0.2, 0.25) is 0 Å². The van der Waals surface area contributed by atoms with Gasteiger partial charge in [-0.1, -0.05) is 18.2 Å². The average molecular weight is 212 g/mol. The monoisotopic (exact) mass is 212 g/mol. The van der Waals surface area contributed by atoms with Crippen LogP contribution in [0.2, 0.25) is 0 Å². The van der Waals surface area contributed by atoms with Gasteiger partial charge in [-0.05, 0) is 12.1 Å². The molecule has 0 radical (unpaired) electrons. The summed E-state index contributed by atoms with van der Waals surface area (Å²) in [6, 6.07) is 8.00. The molecule has 62 valence electrons. The molecular weight excluding hydrogens is 203 g/mol. The molecular formula is C7H9KO3S. The van der Waals surface area contributed by atoms with Crippen LogP contribution in [0.15, 0.2) is 35.2 Å². The quantitative estimate of drug-likeness (QED) is 0.525. The third-order valence-electron chi connectivity index (χ3n) is 1.25. The van der Waals surface area contributed by atoms with Crippen molar-refractivity contribution in [2.75, 3.05) is 7.11 Å². The maximum atomic E-state index is 11.0. The van der Waals surface area contributed by atoms with Gasteiger partial charge in [-0.15, -0.1) is 0 Å². The molecule has 0 bridgehead atoms. The molecule has 1 aromatic carbocycles. The van der Waals surface area contributed by atoms with Crippen LogP contribution >= 0.6 is 0 Å². The summed E-state index contributed by atoms with van der Waals surface area (Å²) in [5.74, 6) is 0. The van der Waals surface area contributed by atoms with Crippen molar-refractivity contribution < 1.29 is 12.6 Å². The molecule has 0 fully saturated rings. The summed E-state index contributed by atoms with van der Waals surface area (Å²) in [6.45, 7) is 0. The van der Waals surface area contributed by atoms with Crippen LogP contribution in [0.3, 0.4) is 0 Å². The second-order valence-corrected chi connectivity index (χ2v) is 3.65. The van der Waals surface area contributed by atoms with Gasteiger partial charge in [0.25, 0.3) is 10.1 Å². The normalized spacial score (nSPS) is 10.4. The number of hydrogen-bond acceptors (Lipinski definition) is 3. The summed E-state index contributed by atoms with van der Waals surface area (Å²) in [4.78, 5) is 0.183. The van der Waals surface area contributed by atoms with Crippen LogP contribution in [-0.4, -0.2) is 66.9 Å². The molecule has 0 spiro atoms. The number of rotatable bonds is 2. The van der Waals surface area contributed by atoms with Crippen molar-refractivity contribution >= 4 is 61.5 Å². The van der Waals surface area contributed by atoms with Gasteiger partial charge >= 0.3 is 51.4 Å². The first-order valence-corrected chi connectivity index (χ1v) is 4.43. The molecule has 0 aromatic heterocycles. The fourth-order valence-corrected chi connectivity index (χ4v) is 1.37. The molecule has 0 aliphatic heterocycles. The van der Waals surface area contributed by atoms with Gasteiger partial charge in [-0.3, -0.25) is 4.18 Å². The summed E-state index contributed by atoms with van der Waals surface area (Å²) in [7, 11) is -2.36. The van der Waals surface area contributed by atoms with Gasteiger partial charge in [0, 0.05) is 0 Å². The van der Waals surface area contributed by atoms with E-state index in [2.05, 4.69) is 4.18 Å². The first-order valence-electron chi connectivity index (χ1n) is 3.02. The Hall–Kier alpha value is 0.766. The minimum absolute atomic E-state index is 0. The van der Waals surface area contributed by atoms with E-state index in [1.54, 1.807) is 18.2 Å². The molecule has 12 heavy (non-hydrogen) atoms. The Morgan fingerprint density at radius 1 is 1.17 bits per heavy atom. The molecule has 0 amide bonds. The van der Waals surface area contributed by atoms with Crippen LogP contribution in [0.1, 0.15) is 0 Å². The van der Waals surface area contributed by atoms with Crippen molar-refractivity contribution in [2.45, 2.75) is 4.90 Å². The second kappa shape index (κ2) is 5.49. The molecule has 1 rings (SSSR count). The van der Waals surface area contributed by atoms with E-state index in [0.717, 1.165) is 7.11 Å². The zero-order valence-electron chi connectivity index (χ0n) is 6.02. The van der Waals surface area contributed by atoms with Crippen molar-refractivity contribution in [1.82, 2.24) is 0 Å². The molecule has 0 aliphatic carbocycles. The molecule has 0 unspecified atom stereocenters. The Morgan fingerprint density at radius 3 is 2.08 bits per heavy atom. The van der Waals surface area contributed by atoms with E-state index < -0.39 is 10.1 Å². The van der Waals surface area contributed by atoms with Gasteiger partial charge in [-0.2, -0.15) is 8.42 Å². The van der Waals surface area contributed by atoms with Crippen molar-refractivity contribution in [3.8, 4) is 0 Å². The molecule has 0 saturated carbocycles. The van der Waals surface area contributed by atoms with E-state index in [-0.39, 0.29) is 56.3 Å². The number of hydrogen-bond donors (Lipinski definition) is 0. The van der Waals surface area contributed by atoms with E-state index in [0.29, 0.717) is 0 Å². The first kappa shape index (κ1) is 12.8. The average Bonchev–Trinajstić information content (AvgIpc) is 2.06. The van der Waals surface area contributed by atoms with E-state index in [4.69, 9.17) is 0 Å². The van der Waals surface area contributed by atoms with Crippen molar-refractivity contribution in [3.63, 3.8) is 0 Å². The second-order valence-electron chi connectivity index (χ2n) is 1.93. The van der Waals surface area contributed by atoms with Gasteiger partial charge < -0.3 is 0 Å². The Balaban J connectivity index is 0.00000121. The van der Waals surface area contributed by atoms with Crippen LogP contribution in [0.25, 0.3) is 0 Å². The fraction of sp³-hybridized carbons (Fsp3) is 0.143. The van der Waals surface area contributed by atoms with Gasteiger partial charge in [0.1, 0.15) is 0 Å². The maximum absolute atomic E-state index is 11.0. The standard InChI is InChI=1S/C7H8O3S.K.H/c1-10-11(8,9)7-5-3-2-4-6-7;;/h2-6H,1H3;;. The zero-order chi connectivity index (χ0) is 8.32. The molecule has 0 heterocycles. The summed E-state index contributed by atoms with van der Waals surface area (Å²) >= 11 is 0. The van der Waals surface area contributed by atoms with E-state index >= 15 is 0 Å². The van der Waals surface area contributed by atoms with Crippen LogP contribution < -0.4 is 0 Å². The number of benzene rings is 1. The SMILES string of the molecule is COS(=O)(=O)c1ccccc1.[KH]. The molecule has 3 nitrogen and oxygen atoms in total. The van der Waals surface area contributed by atoms with Gasteiger partial charge in [0.05, 0.1) is 12.0 Å². The van der Waals surface area contributed by atoms with Gasteiger partial charge in [0.15, 0.2) is 0 Å². The van der Waals surface area contributed by atoms with Crippen LogP contribution in [-0.2, 0) is 14.3 Å². The molecule has 5 heteroatoms. The minimum atomic E-state index is -3.50. The van der Waals surface area contributed by atoms with E-state index in [1.165, 1.54) is 12.1 Å². The summed E-state index contributed by atoms with van der Waals surface area (Å²) in [6.07, 6.45) is 0. The molecule has 0 aliphatic rings. The first-order chi connectivity index (χ1) is 5.17. The Kier molecular flexibility index (Phi) is 5.84. The topological polar surface area (TPSA) is 43.4 Å². The van der Waals surface area contributed by atoms with Crippen LogP contribution in [0.5, 0.6) is 0 Å². The van der Waals surface area contributed by atoms with Gasteiger partial charge in [-0.25, -0.2) is 0 Å². The Bertz CT molecular complexity index is 320. The predicted octanol–water partition coefficient (Wildman–Crippen LogP) is 0.373. The third-order valence-corrected chi connectivity index (χ3v) is 2.54. The summed E-state index contributed by atoms with van der Waals surface area (Å²) in [5, 5.41) is 0. The Morgan fingerprint density at radius 2 is 1.67 bits per heavy atom. The van der Waals surface area contributed by atoms with Crippen LogP contribution in [0, 0.1) is 0 Å². The molecule has 0 saturated heterocycles. The van der Waals surface area contributed by atoms with E-state index in [1.807, 2.05) is 0 Å². The molecule has 1 aromatic rings. The van der Waals surface area contributed by atoms with Crippen molar-refractivity contribution in [3.05, 3.63) is 30.3 Å². The van der Waals surface area contributed by atoms with Crippen molar-refractivity contribution in [2.24, 2.45) is 0 Å². The fourth-order valence-electron chi connectivity index (χ4n) is 0.683. The summed E-state index contributed by atoms with van der Waals surface area (Å²) < 4.78 is 26.3. The van der Waals surface area contributed by atoms with Crippen LogP contribution in [0.4, 0.5) is 0 Å². The molecule has 0 atom stereocenters. The van der Waals surface area contributed by atoms with Crippen molar-refractivity contribution in [1.29, 1.82) is 0 Å². The molecule has 0 N–H and O–H groups in total. The van der Waals surface area contributed by atoms with E-state index in [9.17, 15) is 8.42 Å². The zero-order valence-corrected chi connectivity index (χ0v) is 6.84.